The van der Waals surface area contributed by atoms with Gasteiger partial charge in [0.15, 0.2) is 0 Å². The Bertz CT molecular complexity index is 1760. The van der Waals surface area contributed by atoms with E-state index in [1.54, 1.807) is 11.8 Å². The molecule has 0 radical (unpaired) electrons. The molecule has 0 spiro atoms. The number of hydrogen-bond donors (Lipinski definition) is 2. The second-order valence-corrected chi connectivity index (χ2v) is 18.6. The fourth-order valence-corrected chi connectivity index (χ4v) is 9.23. The van der Waals surface area contributed by atoms with Gasteiger partial charge in [-0.3, -0.25) is 19.2 Å². The normalized spacial score (nSPS) is 20.1. The molecule has 3 fully saturated rings. The monoisotopic (exact) mass is 859 g/mol. The van der Waals surface area contributed by atoms with Crippen LogP contribution in [0.1, 0.15) is 129 Å². The molecule has 1 heterocycles. The van der Waals surface area contributed by atoms with Crippen LogP contribution >= 0.6 is 0 Å². The molecule has 0 bridgehead atoms. The van der Waals surface area contributed by atoms with Gasteiger partial charge in [-0.15, -0.1) is 0 Å². The van der Waals surface area contributed by atoms with E-state index >= 15 is 0 Å². The van der Waals surface area contributed by atoms with E-state index in [9.17, 15) is 28.8 Å². The van der Waals surface area contributed by atoms with E-state index in [4.69, 9.17) is 14.2 Å². The Balaban J connectivity index is 1.20. The van der Waals surface area contributed by atoms with Crippen LogP contribution in [0.15, 0.2) is 60.7 Å². The third kappa shape index (κ3) is 16.1. The zero-order chi connectivity index (χ0) is 44.5. The summed E-state index contributed by atoms with van der Waals surface area (Å²) in [6.07, 6.45) is 10.9. The maximum absolute atomic E-state index is 14.2. The number of esters is 2. The Morgan fingerprint density at radius 3 is 2.02 bits per heavy atom. The first-order valence-electron chi connectivity index (χ1n) is 23.0. The molecule has 5 rings (SSSR count). The lowest BCUT2D eigenvalue weighted by Gasteiger charge is -2.40. The lowest BCUT2D eigenvalue weighted by Crippen LogP contribution is -2.54. The van der Waals surface area contributed by atoms with Crippen molar-refractivity contribution in [1.82, 2.24) is 20.4 Å². The summed E-state index contributed by atoms with van der Waals surface area (Å²) >= 11 is 0. The van der Waals surface area contributed by atoms with Crippen LogP contribution in [-0.4, -0.2) is 89.4 Å². The summed E-state index contributed by atoms with van der Waals surface area (Å²) in [4.78, 5) is 83.9. The molecule has 62 heavy (non-hydrogen) atoms. The zero-order valence-corrected chi connectivity index (χ0v) is 37.4. The Morgan fingerprint density at radius 1 is 0.758 bits per heavy atom. The van der Waals surface area contributed by atoms with Gasteiger partial charge in [-0.05, 0) is 107 Å². The number of rotatable bonds is 19. The van der Waals surface area contributed by atoms with Gasteiger partial charge in [0.1, 0.15) is 30.9 Å². The number of carbonyl (C=O) groups is 6. The lowest BCUT2D eigenvalue weighted by molar-refractivity contribution is -0.151. The molecule has 4 amide bonds. The van der Waals surface area contributed by atoms with Crippen LogP contribution in [0.3, 0.4) is 0 Å². The smallest absolute Gasteiger partial charge is 0.410 e. The number of ether oxygens (including phenoxy) is 3. The van der Waals surface area contributed by atoms with Crippen molar-refractivity contribution in [2.45, 2.75) is 148 Å². The summed E-state index contributed by atoms with van der Waals surface area (Å²) in [5.74, 6) is -0.853. The Hall–Kier alpha value is -4.94. The van der Waals surface area contributed by atoms with Gasteiger partial charge in [0.05, 0.1) is 13.0 Å². The summed E-state index contributed by atoms with van der Waals surface area (Å²) in [6, 6.07) is 16.1. The number of fused-ring (bicyclic) bond motifs is 1. The summed E-state index contributed by atoms with van der Waals surface area (Å²) < 4.78 is 16.8. The van der Waals surface area contributed by atoms with Crippen LogP contribution in [0.4, 0.5) is 4.79 Å². The van der Waals surface area contributed by atoms with Crippen LogP contribution < -0.4 is 10.6 Å². The van der Waals surface area contributed by atoms with Crippen molar-refractivity contribution < 1.29 is 43.0 Å². The molecule has 0 aromatic heterocycles. The number of benzene rings is 2. The molecule has 5 atom stereocenters. The van der Waals surface area contributed by atoms with E-state index < -0.39 is 47.9 Å². The standard InChI is InChI=1S/C49H70N4O9/c1-5-52(44(55)22-14-19-35-25-27-53(28-26-35)48(59)62-49(2,3)4)32-43(54)50-41(31-45(56)60-33-36-15-8-6-9-16-36)46(57)51-42(47(58)61-34-37-17-10-7-11-18-37)30-38-23-24-39-20-12-13-21-40(39)29-38/h6-11,15-18,35,38-42H,5,12-14,19-34H2,1-4H3,(H,50,54)(H,51,57)/t38?,39?,40?,41-,42-/m0/s1. The predicted octanol–water partition coefficient (Wildman–Crippen LogP) is 7.50. The van der Waals surface area contributed by atoms with E-state index in [2.05, 4.69) is 10.6 Å². The Morgan fingerprint density at radius 2 is 1.39 bits per heavy atom. The maximum Gasteiger partial charge on any atom is 0.410 e. The molecule has 2 aliphatic carbocycles. The molecule has 13 nitrogen and oxygen atoms in total. The fourth-order valence-electron chi connectivity index (χ4n) is 9.23. The lowest BCUT2D eigenvalue weighted by atomic mass is 9.66. The highest BCUT2D eigenvalue weighted by molar-refractivity contribution is 5.94. The third-order valence-electron chi connectivity index (χ3n) is 12.6. The van der Waals surface area contributed by atoms with Gasteiger partial charge in [-0.1, -0.05) is 92.8 Å². The number of piperidine rings is 1. The molecule has 2 N–H and O–H groups in total. The van der Waals surface area contributed by atoms with E-state index in [-0.39, 0.29) is 50.6 Å². The topological polar surface area (TPSA) is 161 Å². The third-order valence-corrected chi connectivity index (χ3v) is 12.6. The van der Waals surface area contributed by atoms with E-state index in [0.717, 1.165) is 49.7 Å². The summed E-state index contributed by atoms with van der Waals surface area (Å²) in [5, 5.41) is 5.58. The Labute approximate surface area is 368 Å². The van der Waals surface area contributed by atoms with E-state index in [0.29, 0.717) is 43.7 Å². The second-order valence-electron chi connectivity index (χ2n) is 18.6. The first kappa shape index (κ1) is 48.1. The highest BCUT2D eigenvalue weighted by atomic mass is 16.6. The largest absolute Gasteiger partial charge is 0.461 e. The van der Waals surface area contributed by atoms with Crippen molar-refractivity contribution in [1.29, 1.82) is 0 Å². The number of likely N-dealkylation sites (tertiary alicyclic amines) is 1. The average Bonchev–Trinajstić information content (AvgIpc) is 3.26. The molecule has 340 valence electrons. The van der Waals surface area contributed by atoms with E-state index in [1.807, 2.05) is 81.4 Å². The van der Waals surface area contributed by atoms with Crippen LogP contribution in [-0.2, 0) is 51.4 Å². The van der Waals surface area contributed by atoms with Crippen LogP contribution in [0.25, 0.3) is 0 Å². The van der Waals surface area contributed by atoms with Crippen molar-refractivity contribution in [2.75, 3.05) is 26.2 Å². The van der Waals surface area contributed by atoms with Crippen molar-refractivity contribution in [3.05, 3.63) is 71.8 Å². The Kier molecular flexibility index (Phi) is 18.7. The minimum Gasteiger partial charge on any atom is -0.461 e. The SMILES string of the molecule is CCN(CC(=O)N[C@@H](CC(=O)OCc1ccccc1)C(=O)N[C@@H](CC1CCC2CCCCC2C1)C(=O)OCc1ccccc1)C(=O)CCCC1CCN(C(=O)OC(C)(C)C)CC1. The van der Waals surface area contributed by atoms with Crippen molar-refractivity contribution in [2.24, 2.45) is 23.7 Å². The molecular formula is C49H70N4O9. The predicted molar refractivity (Wildman–Crippen MR) is 235 cm³/mol. The van der Waals surface area contributed by atoms with Gasteiger partial charge in [0, 0.05) is 26.1 Å². The molecule has 1 saturated heterocycles. The molecule has 2 saturated carbocycles. The van der Waals surface area contributed by atoms with Gasteiger partial charge in [0.25, 0.3) is 0 Å². The van der Waals surface area contributed by atoms with Crippen LogP contribution in [0.5, 0.6) is 0 Å². The highest BCUT2D eigenvalue weighted by Gasteiger charge is 2.37. The fraction of sp³-hybridized carbons (Fsp3) is 0.633. The average molecular weight is 859 g/mol. The number of likely N-dealkylation sites (N-methyl/N-ethyl adjacent to an activating group) is 1. The van der Waals surface area contributed by atoms with Crippen molar-refractivity contribution in [3.63, 3.8) is 0 Å². The number of amides is 4. The van der Waals surface area contributed by atoms with Crippen LogP contribution in [0, 0.1) is 23.7 Å². The summed E-state index contributed by atoms with van der Waals surface area (Å²) in [7, 11) is 0. The number of hydrogen-bond acceptors (Lipinski definition) is 9. The molecular weight excluding hydrogens is 789 g/mol. The first-order valence-corrected chi connectivity index (χ1v) is 23.0. The zero-order valence-electron chi connectivity index (χ0n) is 37.4. The maximum atomic E-state index is 14.2. The van der Waals surface area contributed by atoms with Gasteiger partial charge in [0.2, 0.25) is 17.7 Å². The number of nitrogens with one attached hydrogen (secondary N) is 2. The van der Waals surface area contributed by atoms with Gasteiger partial charge >= 0.3 is 18.0 Å². The number of carbonyl (C=O) groups excluding carboxylic acids is 6. The molecule has 1 aliphatic heterocycles. The molecule has 3 unspecified atom stereocenters. The first-order chi connectivity index (χ1) is 29.8. The quantitative estimate of drug-likeness (QED) is 0.108. The highest BCUT2D eigenvalue weighted by Crippen LogP contribution is 2.44. The minimum atomic E-state index is -1.37. The van der Waals surface area contributed by atoms with Crippen molar-refractivity contribution in [3.8, 4) is 0 Å². The molecule has 13 heteroatoms. The number of nitrogens with zero attached hydrogens (tertiary/aromatic N) is 2. The van der Waals surface area contributed by atoms with Gasteiger partial charge < -0.3 is 34.6 Å². The van der Waals surface area contributed by atoms with Crippen molar-refractivity contribution >= 4 is 35.8 Å². The minimum absolute atomic E-state index is 0.0127. The summed E-state index contributed by atoms with van der Waals surface area (Å²) in [5.41, 5.74) is 1.03. The molecule has 3 aliphatic rings. The van der Waals surface area contributed by atoms with Gasteiger partial charge in [-0.2, -0.15) is 0 Å². The molecule has 2 aromatic rings. The van der Waals surface area contributed by atoms with E-state index in [1.165, 1.54) is 30.6 Å². The van der Waals surface area contributed by atoms with Crippen LogP contribution in [0.2, 0.25) is 0 Å². The summed E-state index contributed by atoms with van der Waals surface area (Å²) in [6.45, 7) is 8.56. The second kappa shape index (κ2) is 24.1. The molecule has 2 aromatic carbocycles. The van der Waals surface area contributed by atoms with Gasteiger partial charge in [-0.25, -0.2) is 9.59 Å².